The number of hydrogen-bond donors (Lipinski definition) is 6. The van der Waals surface area contributed by atoms with Crippen LogP contribution in [0.3, 0.4) is 0 Å². The molecule has 0 saturated carbocycles. The summed E-state index contributed by atoms with van der Waals surface area (Å²) >= 11 is 0. The summed E-state index contributed by atoms with van der Waals surface area (Å²) in [6, 6.07) is 1.33. The first-order chi connectivity index (χ1) is 13.3. The lowest BCUT2D eigenvalue weighted by molar-refractivity contribution is -0.139. The maximum absolute atomic E-state index is 11.9. The van der Waals surface area contributed by atoms with E-state index in [0.717, 1.165) is 0 Å². The van der Waals surface area contributed by atoms with E-state index in [1.54, 1.807) is 6.07 Å². The first-order valence-corrected chi connectivity index (χ1v) is 8.78. The average molecular weight is 395 g/mol. The number of hydrogen-bond acceptors (Lipinski definition) is 6. The van der Waals surface area contributed by atoms with Gasteiger partial charge in [0.05, 0.1) is 5.56 Å². The number of nitrogens with two attached hydrogens (primary N) is 1. The zero-order valence-electron chi connectivity index (χ0n) is 15.3. The molecule has 0 unspecified atom stereocenters. The molecule has 1 atom stereocenters. The summed E-state index contributed by atoms with van der Waals surface area (Å²) in [5, 5.41) is 25.1. The fourth-order valence-electron chi connectivity index (χ4n) is 2.23. The number of carboxylic acid groups (broad SMARTS) is 2. The van der Waals surface area contributed by atoms with Crippen LogP contribution < -0.4 is 21.7 Å². The number of carboxylic acids is 2. The normalized spacial score (nSPS) is 11.3. The van der Waals surface area contributed by atoms with E-state index >= 15 is 0 Å². The summed E-state index contributed by atoms with van der Waals surface area (Å²) in [5.74, 6) is -2.13. The minimum absolute atomic E-state index is 0.0826. The summed E-state index contributed by atoms with van der Waals surface area (Å²) in [6.45, 7) is 0.480. The molecule has 1 aromatic rings. The van der Waals surface area contributed by atoms with Crippen molar-refractivity contribution in [1.82, 2.24) is 20.9 Å². The molecule has 0 aliphatic carbocycles. The summed E-state index contributed by atoms with van der Waals surface area (Å²) < 4.78 is 0. The van der Waals surface area contributed by atoms with Crippen LogP contribution in [-0.2, 0) is 9.59 Å². The molecule has 0 spiro atoms. The Bertz CT molecular complexity index is 679. The monoisotopic (exact) mass is 395 g/mol. The molecule has 1 rings (SSSR count). The minimum Gasteiger partial charge on any atom is -0.481 e. The van der Waals surface area contributed by atoms with Crippen LogP contribution in [0.25, 0.3) is 0 Å². The molecule has 0 radical (unpaired) electrons. The summed E-state index contributed by atoms with van der Waals surface area (Å²) in [7, 11) is 0. The number of aromatic nitrogens is 1. The van der Waals surface area contributed by atoms with E-state index in [0.29, 0.717) is 30.8 Å². The highest BCUT2D eigenvalue weighted by atomic mass is 16.4. The third-order valence-corrected chi connectivity index (χ3v) is 3.71. The van der Waals surface area contributed by atoms with E-state index in [4.69, 9.17) is 10.8 Å². The van der Waals surface area contributed by atoms with Crippen LogP contribution in [0.5, 0.6) is 0 Å². The summed E-state index contributed by atoms with van der Waals surface area (Å²) in [6.07, 6.45) is 2.72. The number of nitrogen functional groups attached to an aromatic ring is 1. The molecule has 1 heterocycles. The molecule has 0 aromatic carbocycles. The Hall–Kier alpha value is -3.37. The molecule has 11 nitrogen and oxygen atoms in total. The summed E-state index contributed by atoms with van der Waals surface area (Å²) in [5.41, 5.74) is 5.82. The molecular formula is C17H25N5O6. The van der Waals surface area contributed by atoms with Gasteiger partial charge in [-0.05, 0) is 37.8 Å². The number of aliphatic carboxylic acids is 2. The van der Waals surface area contributed by atoms with Gasteiger partial charge in [0, 0.05) is 25.7 Å². The molecule has 3 amide bonds. The predicted octanol–water partition coefficient (Wildman–Crippen LogP) is 0.181. The quantitative estimate of drug-likeness (QED) is 0.271. The van der Waals surface area contributed by atoms with Gasteiger partial charge in [-0.15, -0.1) is 0 Å². The molecule has 11 heteroatoms. The third-order valence-electron chi connectivity index (χ3n) is 3.71. The Balaban J connectivity index is 2.24. The second-order valence-electron chi connectivity index (χ2n) is 6.01. The van der Waals surface area contributed by atoms with Crippen molar-refractivity contribution in [2.75, 3.05) is 18.8 Å². The molecule has 154 valence electrons. The lowest BCUT2D eigenvalue weighted by Gasteiger charge is -2.15. The molecule has 0 bridgehead atoms. The predicted molar refractivity (Wildman–Crippen MR) is 99.7 cm³/mol. The third kappa shape index (κ3) is 9.36. The number of urea groups is 1. The van der Waals surface area contributed by atoms with Gasteiger partial charge in [-0.1, -0.05) is 0 Å². The van der Waals surface area contributed by atoms with Crippen molar-refractivity contribution in [2.24, 2.45) is 0 Å². The molecule has 0 aliphatic heterocycles. The van der Waals surface area contributed by atoms with E-state index in [1.807, 2.05) is 0 Å². The van der Waals surface area contributed by atoms with Crippen molar-refractivity contribution in [2.45, 2.75) is 38.1 Å². The Kier molecular flexibility index (Phi) is 9.79. The Morgan fingerprint density at radius 3 is 2.36 bits per heavy atom. The van der Waals surface area contributed by atoms with Gasteiger partial charge in [0.25, 0.3) is 5.91 Å². The van der Waals surface area contributed by atoms with Gasteiger partial charge < -0.3 is 31.9 Å². The average Bonchev–Trinajstić information content (AvgIpc) is 2.64. The van der Waals surface area contributed by atoms with Gasteiger partial charge in [-0.25, -0.2) is 14.6 Å². The van der Waals surface area contributed by atoms with Crippen LogP contribution in [0.2, 0.25) is 0 Å². The van der Waals surface area contributed by atoms with Crippen molar-refractivity contribution in [3.63, 3.8) is 0 Å². The van der Waals surface area contributed by atoms with E-state index in [9.17, 15) is 24.3 Å². The highest BCUT2D eigenvalue weighted by Gasteiger charge is 2.19. The maximum atomic E-state index is 11.9. The molecule has 1 aromatic heterocycles. The van der Waals surface area contributed by atoms with E-state index in [1.165, 1.54) is 12.3 Å². The van der Waals surface area contributed by atoms with Crippen molar-refractivity contribution in [3.8, 4) is 0 Å². The van der Waals surface area contributed by atoms with E-state index < -0.39 is 24.0 Å². The van der Waals surface area contributed by atoms with E-state index in [2.05, 4.69) is 20.9 Å². The number of pyridine rings is 1. The molecule has 0 aliphatic rings. The maximum Gasteiger partial charge on any atom is 0.326 e. The van der Waals surface area contributed by atoms with Crippen LogP contribution in [0.1, 0.15) is 42.5 Å². The topological polar surface area (TPSA) is 184 Å². The minimum atomic E-state index is -1.17. The standard InChI is InChI=1S/C17H25N5O6/c18-13-7-6-11(10-21-13)15(25)19-8-2-1-4-12(16(26)27)22-17(28)20-9-3-5-14(23)24/h6-7,10,12H,1-5,8-9H2,(H2,18,21)(H,19,25)(H,23,24)(H,26,27)(H2,20,22,28)/t12-/m0/s1. The largest absolute Gasteiger partial charge is 0.481 e. The highest BCUT2D eigenvalue weighted by Crippen LogP contribution is 2.03. The Morgan fingerprint density at radius 1 is 1.04 bits per heavy atom. The zero-order valence-corrected chi connectivity index (χ0v) is 15.3. The first kappa shape index (κ1) is 22.7. The van der Waals surface area contributed by atoms with Gasteiger partial charge >= 0.3 is 18.0 Å². The van der Waals surface area contributed by atoms with Crippen LogP contribution in [0.15, 0.2) is 18.3 Å². The van der Waals surface area contributed by atoms with E-state index in [-0.39, 0.29) is 31.7 Å². The second-order valence-corrected chi connectivity index (χ2v) is 6.01. The second kappa shape index (κ2) is 12.1. The summed E-state index contributed by atoms with van der Waals surface area (Å²) in [4.78, 5) is 49.0. The zero-order chi connectivity index (χ0) is 20.9. The van der Waals surface area contributed by atoms with Crippen molar-refractivity contribution < 1.29 is 29.4 Å². The highest BCUT2D eigenvalue weighted by molar-refractivity contribution is 5.93. The first-order valence-electron chi connectivity index (χ1n) is 8.78. The van der Waals surface area contributed by atoms with Crippen LogP contribution in [0, 0.1) is 0 Å². The van der Waals surface area contributed by atoms with Crippen molar-refractivity contribution in [3.05, 3.63) is 23.9 Å². The van der Waals surface area contributed by atoms with Crippen LogP contribution in [0.4, 0.5) is 10.6 Å². The van der Waals surface area contributed by atoms with Crippen molar-refractivity contribution >= 4 is 29.7 Å². The Morgan fingerprint density at radius 2 is 1.75 bits per heavy atom. The number of amides is 3. The number of nitrogens with zero attached hydrogens (tertiary/aromatic N) is 1. The van der Waals surface area contributed by atoms with Gasteiger partial charge in [0.1, 0.15) is 11.9 Å². The number of rotatable bonds is 12. The van der Waals surface area contributed by atoms with Crippen LogP contribution >= 0.6 is 0 Å². The van der Waals surface area contributed by atoms with Gasteiger partial charge in [0.2, 0.25) is 0 Å². The molecule has 28 heavy (non-hydrogen) atoms. The van der Waals surface area contributed by atoms with Gasteiger partial charge in [0.15, 0.2) is 0 Å². The number of anilines is 1. The number of carbonyl (C=O) groups is 4. The molecule has 7 N–H and O–H groups in total. The van der Waals surface area contributed by atoms with Crippen molar-refractivity contribution in [1.29, 1.82) is 0 Å². The number of carbonyl (C=O) groups excluding carboxylic acids is 2. The van der Waals surface area contributed by atoms with Crippen LogP contribution in [-0.4, -0.2) is 58.2 Å². The lowest BCUT2D eigenvalue weighted by Crippen LogP contribution is -2.46. The van der Waals surface area contributed by atoms with Gasteiger partial charge in [-0.3, -0.25) is 9.59 Å². The SMILES string of the molecule is Nc1ccc(C(=O)NCCCC[C@H](NC(=O)NCCCC(=O)O)C(=O)O)cn1. The fraction of sp³-hybridized carbons (Fsp3) is 0.471. The smallest absolute Gasteiger partial charge is 0.326 e. The molecule has 0 saturated heterocycles. The number of unbranched alkanes of at least 4 members (excludes halogenated alkanes) is 1. The molecular weight excluding hydrogens is 370 g/mol. The fourth-order valence-corrected chi connectivity index (χ4v) is 2.23. The van der Waals surface area contributed by atoms with Gasteiger partial charge in [-0.2, -0.15) is 0 Å². The number of nitrogens with one attached hydrogen (secondary N) is 3. The Labute approximate surface area is 161 Å². The molecule has 0 fully saturated rings. The lowest BCUT2D eigenvalue weighted by atomic mass is 10.1.